The summed E-state index contributed by atoms with van der Waals surface area (Å²) in [5.41, 5.74) is -1.41. The summed E-state index contributed by atoms with van der Waals surface area (Å²) in [5.74, 6) is -2.06. The van der Waals surface area contributed by atoms with Crippen LogP contribution in [0.2, 0.25) is 10.0 Å². The number of rotatable bonds is 1. The van der Waals surface area contributed by atoms with E-state index in [0.29, 0.717) is 0 Å². The van der Waals surface area contributed by atoms with Crippen LogP contribution in [0.25, 0.3) is 0 Å². The number of carbonyl (C=O) groups excluding carboxylic acids is 2. The van der Waals surface area contributed by atoms with E-state index < -0.39 is 33.1 Å². The first-order valence-electron chi connectivity index (χ1n) is 3.86. The summed E-state index contributed by atoms with van der Waals surface area (Å²) in [6, 6.07) is 1.07. The average molecular weight is 262 g/mol. The molecule has 0 spiro atoms. The zero-order valence-corrected chi connectivity index (χ0v) is 8.83. The summed E-state index contributed by atoms with van der Waals surface area (Å²) in [6.07, 6.45) is 0. The fraction of sp³-hybridized carbons (Fsp3) is 0. The molecule has 1 aromatic rings. The Morgan fingerprint density at radius 3 is 2.44 bits per heavy atom. The molecule has 1 heterocycles. The standard InChI is InChI=1S/C8HCl2NO5/c9-3-1-2-4(8(13)16-7(2)12)6(5(3)10)11(14)15/h1H. The highest BCUT2D eigenvalue weighted by Crippen LogP contribution is 2.40. The Hall–Kier alpha value is -1.66. The number of nitrogens with zero attached hydrogens (tertiary/aromatic N) is 1. The highest BCUT2D eigenvalue weighted by atomic mass is 35.5. The van der Waals surface area contributed by atoms with Gasteiger partial charge in [0, 0.05) is 0 Å². The zero-order chi connectivity index (χ0) is 12.0. The van der Waals surface area contributed by atoms with E-state index in [2.05, 4.69) is 4.74 Å². The van der Waals surface area contributed by atoms with Crippen LogP contribution >= 0.6 is 23.2 Å². The van der Waals surface area contributed by atoms with Crippen LogP contribution in [0.5, 0.6) is 0 Å². The first-order chi connectivity index (χ1) is 7.43. The summed E-state index contributed by atoms with van der Waals surface area (Å²) in [4.78, 5) is 32.2. The number of halogens is 2. The van der Waals surface area contributed by atoms with E-state index in [4.69, 9.17) is 23.2 Å². The van der Waals surface area contributed by atoms with Crippen molar-refractivity contribution < 1.29 is 19.2 Å². The number of benzene rings is 1. The van der Waals surface area contributed by atoms with Crippen molar-refractivity contribution in [3.8, 4) is 0 Å². The minimum Gasteiger partial charge on any atom is -0.385 e. The normalized spacial score (nSPS) is 13.6. The van der Waals surface area contributed by atoms with Crippen LogP contribution in [0.1, 0.15) is 20.7 Å². The SMILES string of the molecule is O=C1OC(=O)c2c1cc(Cl)c(Cl)c2[N+](=O)[O-]. The Morgan fingerprint density at radius 2 is 1.88 bits per heavy atom. The van der Waals surface area contributed by atoms with E-state index in [1.807, 2.05) is 0 Å². The fourth-order valence-corrected chi connectivity index (χ4v) is 1.76. The molecular formula is C8HCl2NO5. The quantitative estimate of drug-likeness (QED) is 0.335. The maximum absolute atomic E-state index is 11.2. The summed E-state index contributed by atoms with van der Waals surface area (Å²) in [6.45, 7) is 0. The van der Waals surface area contributed by atoms with Gasteiger partial charge in [-0.2, -0.15) is 0 Å². The Kier molecular flexibility index (Phi) is 2.32. The molecule has 0 atom stereocenters. The topological polar surface area (TPSA) is 86.5 Å². The molecule has 0 unspecified atom stereocenters. The zero-order valence-electron chi connectivity index (χ0n) is 7.32. The maximum atomic E-state index is 11.2. The number of fused-ring (bicyclic) bond motifs is 1. The van der Waals surface area contributed by atoms with Gasteiger partial charge in [0.1, 0.15) is 5.02 Å². The molecule has 0 aromatic heterocycles. The number of ether oxygens (including phenoxy) is 1. The lowest BCUT2D eigenvalue weighted by Gasteiger charge is -2.00. The average Bonchev–Trinajstić information content (AvgIpc) is 2.44. The second-order valence-corrected chi connectivity index (χ2v) is 3.66. The molecule has 0 saturated heterocycles. The lowest BCUT2D eigenvalue weighted by molar-refractivity contribution is -0.385. The van der Waals surface area contributed by atoms with E-state index in [0.717, 1.165) is 6.07 Å². The molecule has 6 nitrogen and oxygen atoms in total. The third kappa shape index (κ3) is 1.35. The second-order valence-electron chi connectivity index (χ2n) is 2.88. The van der Waals surface area contributed by atoms with Crippen molar-refractivity contribution in [3.63, 3.8) is 0 Å². The Labute approximate surface area is 97.9 Å². The van der Waals surface area contributed by atoms with Crippen LogP contribution in [-0.4, -0.2) is 16.9 Å². The fourth-order valence-electron chi connectivity index (χ4n) is 1.34. The van der Waals surface area contributed by atoms with Crippen LogP contribution in [0.15, 0.2) is 6.07 Å². The molecule has 0 saturated carbocycles. The van der Waals surface area contributed by atoms with E-state index in [-0.39, 0.29) is 10.6 Å². The highest BCUT2D eigenvalue weighted by molar-refractivity contribution is 6.44. The van der Waals surface area contributed by atoms with Crippen LogP contribution in [0.3, 0.4) is 0 Å². The van der Waals surface area contributed by atoms with Crippen molar-refractivity contribution >= 4 is 40.8 Å². The Bertz CT molecular complexity index is 554. The number of hydrogen-bond donors (Lipinski definition) is 0. The predicted octanol–water partition coefficient (Wildman–Crippen LogP) is 2.21. The van der Waals surface area contributed by atoms with Gasteiger partial charge >= 0.3 is 17.6 Å². The van der Waals surface area contributed by atoms with Gasteiger partial charge in [0.2, 0.25) is 0 Å². The number of esters is 2. The van der Waals surface area contributed by atoms with Gasteiger partial charge in [0.15, 0.2) is 5.56 Å². The molecule has 1 aliphatic heterocycles. The van der Waals surface area contributed by atoms with Gasteiger partial charge in [0.05, 0.1) is 15.5 Å². The molecule has 0 fully saturated rings. The van der Waals surface area contributed by atoms with Crippen molar-refractivity contribution in [2.45, 2.75) is 0 Å². The third-order valence-corrected chi connectivity index (χ3v) is 2.76. The van der Waals surface area contributed by atoms with E-state index in [9.17, 15) is 19.7 Å². The van der Waals surface area contributed by atoms with Gasteiger partial charge in [-0.25, -0.2) is 9.59 Å². The Morgan fingerprint density at radius 1 is 1.25 bits per heavy atom. The second kappa shape index (κ2) is 3.43. The molecule has 0 bridgehead atoms. The number of cyclic esters (lactones) is 2. The van der Waals surface area contributed by atoms with Gasteiger partial charge in [-0.1, -0.05) is 23.2 Å². The highest BCUT2D eigenvalue weighted by Gasteiger charge is 2.40. The van der Waals surface area contributed by atoms with E-state index in [1.165, 1.54) is 0 Å². The van der Waals surface area contributed by atoms with Crippen molar-refractivity contribution in [2.24, 2.45) is 0 Å². The molecule has 0 aliphatic carbocycles. The minimum atomic E-state index is -1.09. The smallest absolute Gasteiger partial charge is 0.354 e. The lowest BCUT2D eigenvalue weighted by Crippen LogP contribution is -2.01. The first-order valence-corrected chi connectivity index (χ1v) is 4.62. The van der Waals surface area contributed by atoms with Crippen molar-refractivity contribution in [1.29, 1.82) is 0 Å². The number of nitro benzene ring substituents is 1. The molecule has 82 valence electrons. The summed E-state index contributed by atoms with van der Waals surface area (Å²) >= 11 is 11.2. The monoisotopic (exact) mass is 261 g/mol. The first kappa shape index (κ1) is 10.8. The summed E-state index contributed by atoms with van der Waals surface area (Å²) in [5, 5.41) is 10.2. The van der Waals surface area contributed by atoms with Crippen LogP contribution in [-0.2, 0) is 4.74 Å². The molecule has 2 rings (SSSR count). The number of hydrogen-bond acceptors (Lipinski definition) is 5. The van der Waals surface area contributed by atoms with Gasteiger partial charge in [-0.05, 0) is 6.07 Å². The molecule has 0 radical (unpaired) electrons. The molecule has 8 heteroatoms. The van der Waals surface area contributed by atoms with Crippen molar-refractivity contribution in [1.82, 2.24) is 0 Å². The van der Waals surface area contributed by atoms with Crippen molar-refractivity contribution in [3.05, 3.63) is 37.4 Å². The number of carbonyl (C=O) groups is 2. The molecular weight excluding hydrogens is 261 g/mol. The van der Waals surface area contributed by atoms with Crippen molar-refractivity contribution in [2.75, 3.05) is 0 Å². The van der Waals surface area contributed by atoms with E-state index in [1.54, 1.807) is 0 Å². The molecule has 1 aliphatic rings. The molecule has 1 aromatic carbocycles. The minimum absolute atomic E-state index is 0.182. The molecule has 0 N–H and O–H groups in total. The molecule has 0 amide bonds. The van der Waals surface area contributed by atoms with Gasteiger partial charge in [0.25, 0.3) is 0 Å². The maximum Gasteiger partial charge on any atom is 0.354 e. The van der Waals surface area contributed by atoms with Crippen LogP contribution in [0, 0.1) is 10.1 Å². The van der Waals surface area contributed by atoms with Crippen LogP contribution in [0.4, 0.5) is 5.69 Å². The summed E-state index contributed by atoms with van der Waals surface area (Å²) in [7, 11) is 0. The third-order valence-electron chi connectivity index (χ3n) is 1.99. The molecule has 16 heavy (non-hydrogen) atoms. The van der Waals surface area contributed by atoms with E-state index >= 15 is 0 Å². The van der Waals surface area contributed by atoms with Gasteiger partial charge in [-0.15, -0.1) is 0 Å². The van der Waals surface area contributed by atoms with Gasteiger partial charge in [-0.3, -0.25) is 10.1 Å². The van der Waals surface area contributed by atoms with Crippen LogP contribution < -0.4 is 0 Å². The Balaban J connectivity index is 2.88. The lowest BCUT2D eigenvalue weighted by atomic mass is 10.1. The largest absolute Gasteiger partial charge is 0.385 e. The predicted molar refractivity (Wildman–Crippen MR) is 52.9 cm³/mol. The van der Waals surface area contributed by atoms with Gasteiger partial charge < -0.3 is 4.74 Å². The summed E-state index contributed by atoms with van der Waals surface area (Å²) < 4.78 is 4.23. The number of nitro groups is 1.